The zero-order chi connectivity index (χ0) is 20.5. The molecule has 2 aromatic heterocycles. The number of benzene rings is 2. The number of carbonyl (C=O) groups is 1. The van der Waals surface area contributed by atoms with E-state index in [9.17, 15) is 4.79 Å². The van der Waals surface area contributed by atoms with Crippen molar-refractivity contribution >= 4 is 28.6 Å². The Hall–Kier alpha value is -3.46. The van der Waals surface area contributed by atoms with E-state index in [0.717, 1.165) is 16.5 Å². The van der Waals surface area contributed by atoms with Gasteiger partial charge in [-0.25, -0.2) is 0 Å². The van der Waals surface area contributed by atoms with Gasteiger partial charge in [0.25, 0.3) is 5.22 Å². The number of carbonyl (C=O) groups excluding carboxylic acids is 1. The highest BCUT2D eigenvalue weighted by Crippen LogP contribution is 2.36. The maximum absolute atomic E-state index is 12.3. The van der Waals surface area contributed by atoms with Gasteiger partial charge in [-0.3, -0.25) is 4.79 Å². The van der Waals surface area contributed by atoms with Crippen molar-refractivity contribution in [3.05, 3.63) is 54.3 Å². The van der Waals surface area contributed by atoms with E-state index in [-0.39, 0.29) is 24.5 Å². The second kappa shape index (κ2) is 7.75. The molecule has 8 nitrogen and oxygen atoms in total. The first kappa shape index (κ1) is 18.6. The fourth-order valence-electron chi connectivity index (χ4n) is 3.11. The second-order valence-corrected chi connectivity index (χ2v) is 7.63. The maximum Gasteiger partial charge on any atom is 0.277 e. The number of nitrogens with zero attached hydrogens (tertiary/aromatic N) is 2. The summed E-state index contributed by atoms with van der Waals surface area (Å²) in [7, 11) is 0. The van der Waals surface area contributed by atoms with Crippen molar-refractivity contribution in [2.45, 2.75) is 18.2 Å². The molecule has 3 heterocycles. The van der Waals surface area contributed by atoms with Crippen LogP contribution in [0.3, 0.4) is 0 Å². The summed E-state index contributed by atoms with van der Waals surface area (Å²) in [4.78, 5) is 12.3. The minimum absolute atomic E-state index is 0.146. The summed E-state index contributed by atoms with van der Waals surface area (Å²) >= 11 is 1.17. The quantitative estimate of drug-likeness (QED) is 0.461. The molecule has 0 fully saturated rings. The molecule has 1 amide bonds. The smallest absolute Gasteiger partial charge is 0.277 e. The van der Waals surface area contributed by atoms with E-state index in [1.807, 2.05) is 43.3 Å². The Morgan fingerprint density at radius 2 is 1.97 bits per heavy atom. The molecule has 0 saturated heterocycles. The van der Waals surface area contributed by atoms with Gasteiger partial charge in [-0.05, 0) is 37.3 Å². The van der Waals surface area contributed by atoms with Crippen LogP contribution in [-0.4, -0.2) is 28.7 Å². The van der Waals surface area contributed by atoms with Gasteiger partial charge in [0.2, 0.25) is 18.6 Å². The molecule has 1 atom stereocenters. The molecule has 0 unspecified atom stereocenters. The average molecular weight is 423 g/mol. The van der Waals surface area contributed by atoms with Crippen LogP contribution in [0.15, 0.2) is 62.6 Å². The summed E-state index contributed by atoms with van der Waals surface area (Å²) in [6, 6.07) is 14.8. The summed E-state index contributed by atoms with van der Waals surface area (Å²) in [5.74, 6) is 2.37. The summed E-state index contributed by atoms with van der Waals surface area (Å²) in [6.07, 6.45) is 0. The molecule has 0 radical (unpaired) electrons. The number of hydrogen-bond acceptors (Lipinski definition) is 8. The highest BCUT2D eigenvalue weighted by Gasteiger charge is 2.18. The number of nitrogens with one attached hydrogen (secondary N) is 1. The first-order valence-corrected chi connectivity index (χ1v) is 10.3. The fraction of sp³-hybridized carbons (Fsp3) is 0.190. The minimum Gasteiger partial charge on any atom is -0.459 e. The molecule has 1 aliphatic heterocycles. The lowest BCUT2D eigenvalue weighted by atomic mass is 10.2. The van der Waals surface area contributed by atoms with E-state index in [1.165, 1.54) is 11.8 Å². The van der Waals surface area contributed by atoms with Crippen LogP contribution in [-0.2, 0) is 4.79 Å². The zero-order valence-electron chi connectivity index (χ0n) is 16.0. The van der Waals surface area contributed by atoms with Crippen molar-refractivity contribution in [1.82, 2.24) is 15.5 Å². The van der Waals surface area contributed by atoms with Crippen molar-refractivity contribution in [2.75, 3.05) is 12.5 Å². The summed E-state index contributed by atoms with van der Waals surface area (Å²) < 4.78 is 22.1. The second-order valence-electron chi connectivity index (χ2n) is 6.71. The Morgan fingerprint density at radius 1 is 1.10 bits per heavy atom. The number of furan rings is 1. The van der Waals surface area contributed by atoms with Gasteiger partial charge in [-0.15, -0.1) is 10.2 Å². The number of rotatable bonds is 6. The molecule has 0 bridgehead atoms. The fourth-order valence-corrected chi connectivity index (χ4v) is 3.69. The lowest BCUT2D eigenvalue weighted by molar-refractivity contribution is -0.119. The van der Waals surface area contributed by atoms with E-state index in [4.69, 9.17) is 18.3 Å². The van der Waals surface area contributed by atoms with E-state index < -0.39 is 0 Å². The average Bonchev–Trinajstić information content (AvgIpc) is 3.50. The molecular formula is C21H17N3O5S. The van der Waals surface area contributed by atoms with Crippen LogP contribution in [0.25, 0.3) is 22.4 Å². The van der Waals surface area contributed by atoms with Gasteiger partial charge in [0.1, 0.15) is 11.3 Å². The van der Waals surface area contributed by atoms with Gasteiger partial charge in [-0.1, -0.05) is 30.0 Å². The molecule has 2 aromatic carbocycles. The van der Waals surface area contributed by atoms with Crippen molar-refractivity contribution in [3.63, 3.8) is 0 Å². The van der Waals surface area contributed by atoms with Gasteiger partial charge in [0.15, 0.2) is 11.5 Å². The van der Waals surface area contributed by atoms with Gasteiger partial charge in [-0.2, -0.15) is 0 Å². The number of thioether (sulfide) groups is 1. The summed E-state index contributed by atoms with van der Waals surface area (Å²) in [6.45, 7) is 2.08. The van der Waals surface area contributed by atoms with Crippen LogP contribution < -0.4 is 14.8 Å². The normalized spacial score (nSPS) is 13.5. The molecule has 30 heavy (non-hydrogen) atoms. The molecule has 5 rings (SSSR count). The number of amides is 1. The Labute approximate surface area is 175 Å². The number of fused-ring (bicyclic) bond motifs is 2. The first-order valence-electron chi connectivity index (χ1n) is 9.30. The van der Waals surface area contributed by atoms with E-state index in [2.05, 4.69) is 15.5 Å². The molecule has 0 saturated carbocycles. The van der Waals surface area contributed by atoms with Gasteiger partial charge < -0.3 is 23.6 Å². The van der Waals surface area contributed by atoms with Crippen molar-refractivity contribution < 1.29 is 23.1 Å². The molecule has 4 aromatic rings. The minimum atomic E-state index is -0.252. The molecule has 0 aliphatic carbocycles. The third kappa shape index (κ3) is 3.71. The highest BCUT2D eigenvalue weighted by atomic mass is 32.2. The van der Waals surface area contributed by atoms with E-state index in [1.54, 1.807) is 12.1 Å². The Morgan fingerprint density at radius 3 is 2.87 bits per heavy atom. The molecule has 9 heteroatoms. The lowest BCUT2D eigenvalue weighted by Crippen LogP contribution is -2.27. The molecular weight excluding hydrogens is 406 g/mol. The third-order valence-electron chi connectivity index (χ3n) is 4.60. The predicted octanol–water partition coefficient (Wildman–Crippen LogP) is 4.18. The zero-order valence-corrected chi connectivity index (χ0v) is 16.8. The van der Waals surface area contributed by atoms with Crippen molar-refractivity contribution in [3.8, 4) is 23.0 Å². The monoisotopic (exact) mass is 423 g/mol. The number of ether oxygens (including phenoxy) is 2. The molecule has 1 aliphatic rings. The third-order valence-corrected chi connectivity index (χ3v) is 5.42. The molecule has 152 valence electrons. The Bertz CT molecular complexity index is 1190. The molecule has 0 spiro atoms. The first-order chi connectivity index (χ1) is 14.7. The summed E-state index contributed by atoms with van der Waals surface area (Å²) in [5, 5.41) is 12.3. The van der Waals surface area contributed by atoms with E-state index in [0.29, 0.717) is 28.4 Å². The van der Waals surface area contributed by atoms with E-state index >= 15 is 0 Å². The van der Waals surface area contributed by atoms with Crippen molar-refractivity contribution in [2.24, 2.45) is 0 Å². The SMILES string of the molecule is C[C@@H](NC(=O)CSc1nnc(-c2ccc3c(c2)OCO3)o1)c1cc2ccccc2o1. The van der Waals surface area contributed by atoms with Gasteiger partial charge in [0, 0.05) is 10.9 Å². The lowest BCUT2D eigenvalue weighted by Gasteiger charge is -2.10. The van der Waals surface area contributed by atoms with Crippen molar-refractivity contribution in [1.29, 1.82) is 0 Å². The molecule has 1 N–H and O–H groups in total. The number of aromatic nitrogens is 2. The van der Waals surface area contributed by atoms with Crippen LogP contribution in [0.1, 0.15) is 18.7 Å². The van der Waals surface area contributed by atoms with Crippen LogP contribution in [0, 0.1) is 0 Å². The van der Waals surface area contributed by atoms with Gasteiger partial charge >= 0.3 is 0 Å². The highest BCUT2D eigenvalue weighted by molar-refractivity contribution is 7.99. The Balaban J connectivity index is 1.18. The maximum atomic E-state index is 12.3. The standard InChI is InChI=1S/C21H17N3O5S/c1-12(17-8-13-4-2-3-5-15(13)28-17)22-19(25)10-30-21-24-23-20(29-21)14-6-7-16-18(9-14)27-11-26-16/h2-9,12H,10-11H2,1H3,(H,22,25)/t12-/m1/s1. The van der Waals surface area contributed by atoms with Crippen LogP contribution in [0.4, 0.5) is 0 Å². The van der Waals surface area contributed by atoms with Crippen LogP contribution >= 0.6 is 11.8 Å². The van der Waals surface area contributed by atoms with Gasteiger partial charge in [0.05, 0.1) is 11.8 Å². The van der Waals surface area contributed by atoms with Crippen LogP contribution in [0.5, 0.6) is 11.5 Å². The number of para-hydroxylation sites is 1. The van der Waals surface area contributed by atoms with Crippen LogP contribution in [0.2, 0.25) is 0 Å². The largest absolute Gasteiger partial charge is 0.459 e. The Kier molecular flexibility index (Phi) is 4.80. The topological polar surface area (TPSA) is 99.6 Å². The predicted molar refractivity (Wildman–Crippen MR) is 109 cm³/mol. The summed E-state index contributed by atoms with van der Waals surface area (Å²) in [5.41, 5.74) is 1.52. The number of hydrogen-bond donors (Lipinski definition) is 1.